The molecule has 2 N–H and O–H groups in total. The summed E-state index contributed by atoms with van der Waals surface area (Å²) in [6, 6.07) is 6.75. The maximum atomic E-state index is 11.3. The first-order chi connectivity index (χ1) is 13.9. The number of nitrogens with zero attached hydrogens (tertiary/aromatic N) is 4. The van der Waals surface area contributed by atoms with Crippen LogP contribution in [0, 0.1) is 10.1 Å². The molecule has 0 radical (unpaired) electrons. The van der Waals surface area contributed by atoms with E-state index in [0.717, 1.165) is 47.4 Å². The molecule has 4 rings (SSSR count). The summed E-state index contributed by atoms with van der Waals surface area (Å²) in [5, 5.41) is 12.9. The van der Waals surface area contributed by atoms with E-state index in [2.05, 4.69) is 22.9 Å². The Morgan fingerprint density at radius 1 is 1.34 bits per heavy atom. The number of hydrogen-bond donors (Lipinski definition) is 1. The molecule has 1 amide bonds. The Balaban J connectivity index is 1.77. The number of aromatic nitrogens is 1. The highest BCUT2D eigenvalue weighted by molar-refractivity contribution is 5.95. The van der Waals surface area contributed by atoms with E-state index in [4.69, 9.17) is 15.5 Å². The Kier molecular flexibility index (Phi) is 5.06. The standard InChI is InChI=1S/C20H23N5O4/c1-23-7-4-13(5-8-23)18-11-14-10-15(25(27)28)2-3-17(14)19(22-18)24-9-6-16(12-24)29-20(21)26/h2-4,10-11,16H,5-9,12H2,1H3,(H2,21,26). The van der Waals surface area contributed by atoms with Crippen molar-refractivity contribution >= 4 is 33.9 Å². The topological polar surface area (TPSA) is 115 Å². The largest absolute Gasteiger partial charge is 0.444 e. The number of nitrogens with two attached hydrogens (primary N) is 1. The average molecular weight is 397 g/mol. The summed E-state index contributed by atoms with van der Waals surface area (Å²) >= 11 is 0. The molecule has 152 valence electrons. The molecule has 1 aromatic heterocycles. The fourth-order valence-electron chi connectivity index (χ4n) is 3.93. The number of likely N-dealkylation sites (N-methyl/N-ethyl adjacent to an activating group) is 1. The molecule has 1 atom stereocenters. The lowest BCUT2D eigenvalue weighted by Gasteiger charge is -2.24. The van der Waals surface area contributed by atoms with Crippen LogP contribution in [0.3, 0.4) is 0 Å². The Morgan fingerprint density at radius 2 is 2.17 bits per heavy atom. The maximum absolute atomic E-state index is 11.3. The number of amides is 1. The van der Waals surface area contributed by atoms with Crippen LogP contribution in [-0.2, 0) is 4.74 Å². The Labute approximate surface area is 167 Å². The maximum Gasteiger partial charge on any atom is 0.404 e. The number of ether oxygens (including phenoxy) is 1. The van der Waals surface area contributed by atoms with Gasteiger partial charge in [-0.15, -0.1) is 0 Å². The number of non-ortho nitro benzene ring substituents is 1. The highest BCUT2D eigenvalue weighted by Crippen LogP contribution is 2.34. The lowest BCUT2D eigenvalue weighted by atomic mass is 10.0. The van der Waals surface area contributed by atoms with Crippen LogP contribution in [0.1, 0.15) is 18.5 Å². The number of hydrogen-bond acceptors (Lipinski definition) is 7. The van der Waals surface area contributed by atoms with Crippen molar-refractivity contribution in [3.05, 3.63) is 46.1 Å². The van der Waals surface area contributed by atoms with Gasteiger partial charge >= 0.3 is 6.09 Å². The van der Waals surface area contributed by atoms with Gasteiger partial charge in [-0.2, -0.15) is 0 Å². The number of carbonyl (C=O) groups excluding carboxylic acids is 1. The van der Waals surface area contributed by atoms with E-state index < -0.39 is 6.09 Å². The fourth-order valence-corrected chi connectivity index (χ4v) is 3.93. The van der Waals surface area contributed by atoms with Gasteiger partial charge in [-0.25, -0.2) is 9.78 Å². The highest BCUT2D eigenvalue weighted by Gasteiger charge is 2.28. The zero-order valence-electron chi connectivity index (χ0n) is 16.2. The summed E-state index contributed by atoms with van der Waals surface area (Å²) in [6.45, 7) is 2.95. The van der Waals surface area contributed by atoms with Gasteiger partial charge < -0.3 is 20.3 Å². The van der Waals surface area contributed by atoms with Crippen molar-refractivity contribution in [1.82, 2.24) is 9.88 Å². The first-order valence-electron chi connectivity index (χ1n) is 9.59. The van der Waals surface area contributed by atoms with Crippen LogP contribution >= 0.6 is 0 Å². The first kappa shape index (κ1) is 19.1. The van der Waals surface area contributed by atoms with Crippen molar-refractivity contribution in [3.63, 3.8) is 0 Å². The van der Waals surface area contributed by atoms with Crippen molar-refractivity contribution in [1.29, 1.82) is 0 Å². The molecule has 2 aliphatic heterocycles. The third-order valence-electron chi connectivity index (χ3n) is 5.47. The molecule has 0 spiro atoms. The van der Waals surface area contributed by atoms with Crippen LogP contribution < -0.4 is 10.6 Å². The number of nitro benzene ring substituents is 1. The Bertz CT molecular complexity index is 1010. The third kappa shape index (κ3) is 4.00. The van der Waals surface area contributed by atoms with Gasteiger partial charge in [0.2, 0.25) is 0 Å². The number of rotatable bonds is 4. The molecule has 1 saturated heterocycles. The molecule has 2 aliphatic rings. The second kappa shape index (κ2) is 7.67. The molecule has 1 unspecified atom stereocenters. The molecule has 2 aromatic rings. The van der Waals surface area contributed by atoms with Gasteiger partial charge in [0, 0.05) is 43.6 Å². The zero-order chi connectivity index (χ0) is 20.5. The van der Waals surface area contributed by atoms with E-state index in [1.54, 1.807) is 12.1 Å². The van der Waals surface area contributed by atoms with E-state index in [1.165, 1.54) is 6.07 Å². The van der Waals surface area contributed by atoms with Crippen LogP contribution in [0.2, 0.25) is 0 Å². The van der Waals surface area contributed by atoms with Gasteiger partial charge in [0.25, 0.3) is 5.69 Å². The molecule has 9 nitrogen and oxygen atoms in total. The SMILES string of the molecule is CN1CC=C(c2cc3cc([N+](=O)[O-])ccc3c(N3CCC(OC(N)=O)C3)n2)CC1. The minimum atomic E-state index is -0.782. The second-order valence-corrected chi connectivity index (χ2v) is 7.53. The molecule has 29 heavy (non-hydrogen) atoms. The molecule has 9 heteroatoms. The number of primary amides is 1. The van der Waals surface area contributed by atoms with E-state index in [0.29, 0.717) is 19.5 Å². The van der Waals surface area contributed by atoms with Crippen LogP contribution in [0.15, 0.2) is 30.3 Å². The molecule has 0 aliphatic carbocycles. The molecule has 0 saturated carbocycles. The Morgan fingerprint density at radius 3 is 2.86 bits per heavy atom. The smallest absolute Gasteiger partial charge is 0.404 e. The van der Waals surface area contributed by atoms with Crippen LogP contribution in [0.25, 0.3) is 16.3 Å². The van der Waals surface area contributed by atoms with Crippen molar-refractivity contribution < 1.29 is 14.5 Å². The van der Waals surface area contributed by atoms with Gasteiger partial charge in [0.15, 0.2) is 0 Å². The summed E-state index contributed by atoms with van der Waals surface area (Å²) in [7, 11) is 2.07. The summed E-state index contributed by atoms with van der Waals surface area (Å²) < 4.78 is 5.15. The molecular formula is C20H23N5O4. The minimum Gasteiger partial charge on any atom is -0.444 e. The van der Waals surface area contributed by atoms with Crippen LogP contribution in [0.5, 0.6) is 0 Å². The minimum absolute atomic E-state index is 0.0503. The molecule has 1 aromatic carbocycles. The Hall–Kier alpha value is -3.20. The first-order valence-corrected chi connectivity index (χ1v) is 9.59. The van der Waals surface area contributed by atoms with E-state index in [9.17, 15) is 14.9 Å². The summed E-state index contributed by atoms with van der Waals surface area (Å²) in [4.78, 5) is 31.2. The van der Waals surface area contributed by atoms with Crippen molar-refractivity contribution in [2.75, 3.05) is 38.1 Å². The average Bonchev–Trinajstić information content (AvgIpc) is 3.14. The van der Waals surface area contributed by atoms with E-state index in [-0.39, 0.29) is 16.7 Å². The summed E-state index contributed by atoms with van der Waals surface area (Å²) in [5.74, 6) is 0.753. The van der Waals surface area contributed by atoms with Gasteiger partial charge in [-0.05, 0) is 36.6 Å². The molecule has 3 heterocycles. The monoisotopic (exact) mass is 397 g/mol. The van der Waals surface area contributed by atoms with Crippen molar-refractivity contribution in [2.24, 2.45) is 5.73 Å². The quantitative estimate of drug-likeness (QED) is 0.623. The van der Waals surface area contributed by atoms with Crippen LogP contribution in [0.4, 0.5) is 16.3 Å². The number of nitro groups is 1. The predicted molar refractivity (Wildman–Crippen MR) is 110 cm³/mol. The zero-order valence-corrected chi connectivity index (χ0v) is 16.2. The number of anilines is 1. The van der Waals surface area contributed by atoms with Gasteiger partial charge in [0.1, 0.15) is 11.9 Å². The van der Waals surface area contributed by atoms with E-state index >= 15 is 0 Å². The number of fused-ring (bicyclic) bond motifs is 1. The second-order valence-electron chi connectivity index (χ2n) is 7.53. The molecule has 0 bridgehead atoms. The normalized spacial score (nSPS) is 20.0. The third-order valence-corrected chi connectivity index (χ3v) is 5.47. The number of pyridine rings is 1. The predicted octanol–water partition coefficient (Wildman–Crippen LogP) is 2.54. The highest BCUT2D eigenvalue weighted by atomic mass is 16.6. The summed E-state index contributed by atoms with van der Waals surface area (Å²) in [5.41, 5.74) is 7.18. The lowest BCUT2D eigenvalue weighted by Crippen LogP contribution is -2.28. The lowest BCUT2D eigenvalue weighted by molar-refractivity contribution is -0.384. The fraction of sp³-hybridized carbons (Fsp3) is 0.400. The van der Waals surface area contributed by atoms with Crippen LogP contribution in [-0.4, -0.2) is 60.2 Å². The number of carbonyl (C=O) groups is 1. The van der Waals surface area contributed by atoms with Crippen molar-refractivity contribution in [2.45, 2.75) is 18.9 Å². The van der Waals surface area contributed by atoms with Gasteiger partial charge in [-0.3, -0.25) is 10.1 Å². The van der Waals surface area contributed by atoms with E-state index in [1.807, 2.05) is 6.07 Å². The van der Waals surface area contributed by atoms with Gasteiger partial charge in [0.05, 0.1) is 17.2 Å². The van der Waals surface area contributed by atoms with Crippen molar-refractivity contribution in [3.8, 4) is 0 Å². The van der Waals surface area contributed by atoms with Gasteiger partial charge in [-0.1, -0.05) is 6.08 Å². The molecular weight excluding hydrogens is 374 g/mol. The summed E-state index contributed by atoms with van der Waals surface area (Å²) in [6.07, 6.45) is 2.62. The molecule has 1 fully saturated rings. The number of benzene rings is 1.